The molecular formula is C21H23N3O3. The number of ether oxygens (including phenoxy) is 2. The molecule has 0 bridgehead atoms. The number of carbonyl (C=O) groups excluding carboxylic acids is 1. The van der Waals surface area contributed by atoms with Crippen LogP contribution in [0.5, 0.6) is 11.5 Å². The molecule has 2 amide bonds. The van der Waals surface area contributed by atoms with E-state index >= 15 is 0 Å². The number of amides is 2. The van der Waals surface area contributed by atoms with Gasteiger partial charge in [0.2, 0.25) is 0 Å². The van der Waals surface area contributed by atoms with Crippen LogP contribution in [-0.4, -0.2) is 31.7 Å². The third-order valence-electron chi connectivity index (χ3n) is 4.84. The van der Waals surface area contributed by atoms with Gasteiger partial charge in [-0.3, -0.25) is 0 Å². The molecule has 6 heteroatoms. The summed E-state index contributed by atoms with van der Waals surface area (Å²) in [5.41, 5.74) is 2.56. The summed E-state index contributed by atoms with van der Waals surface area (Å²) in [6.07, 6.45) is 1.84. The second kappa shape index (κ2) is 8.45. The van der Waals surface area contributed by atoms with Gasteiger partial charge in [-0.25, -0.2) is 4.79 Å². The monoisotopic (exact) mass is 365 g/mol. The van der Waals surface area contributed by atoms with Gasteiger partial charge in [0.1, 0.15) is 11.5 Å². The third kappa shape index (κ3) is 4.14. The van der Waals surface area contributed by atoms with E-state index in [9.17, 15) is 4.79 Å². The van der Waals surface area contributed by atoms with Crippen LogP contribution in [0.2, 0.25) is 0 Å². The maximum absolute atomic E-state index is 12.7. The molecule has 0 radical (unpaired) electrons. The number of nitrogens with one attached hydrogen (secondary N) is 1. The number of nitriles is 1. The van der Waals surface area contributed by atoms with Crippen LogP contribution in [0, 0.1) is 11.3 Å². The second-order valence-corrected chi connectivity index (χ2v) is 6.43. The van der Waals surface area contributed by atoms with Crippen molar-refractivity contribution < 1.29 is 14.3 Å². The highest BCUT2D eigenvalue weighted by atomic mass is 16.5. The molecule has 1 heterocycles. The molecule has 140 valence electrons. The van der Waals surface area contributed by atoms with E-state index in [0.717, 1.165) is 35.5 Å². The number of carbonyl (C=O) groups is 1. The number of nitrogens with zero attached hydrogens (tertiary/aromatic N) is 2. The molecule has 0 aromatic heterocycles. The maximum atomic E-state index is 12.7. The van der Waals surface area contributed by atoms with E-state index in [-0.39, 0.29) is 12.1 Å². The lowest BCUT2D eigenvalue weighted by molar-refractivity contribution is 0.191. The molecule has 0 aliphatic carbocycles. The standard InChI is InChI=1S/C21H23N3O3/c1-26-17-9-10-18(20(12-17)27-2)19-4-3-11-24(19)21(25)23-14-16-7-5-15(13-22)6-8-16/h5-10,12,19H,3-4,11,14H2,1-2H3,(H,23,25). The van der Waals surface area contributed by atoms with Gasteiger partial charge >= 0.3 is 6.03 Å². The van der Waals surface area contributed by atoms with Gasteiger partial charge < -0.3 is 19.7 Å². The van der Waals surface area contributed by atoms with E-state index < -0.39 is 0 Å². The molecule has 2 aromatic carbocycles. The number of likely N-dealkylation sites (tertiary alicyclic amines) is 1. The highest BCUT2D eigenvalue weighted by molar-refractivity contribution is 5.75. The zero-order valence-electron chi connectivity index (χ0n) is 15.6. The number of hydrogen-bond acceptors (Lipinski definition) is 4. The second-order valence-electron chi connectivity index (χ2n) is 6.43. The Morgan fingerprint density at radius 3 is 2.67 bits per heavy atom. The summed E-state index contributed by atoms with van der Waals surface area (Å²) in [6.45, 7) is 1.13. The molecule has 6 nitrogen and oxygen atoms in total. The van der Waals surface area contributed by atoms with Crippen molar-refractivity contribution in [1.29, 1.82) is 5.26 Å². The normalized spacial score (nSPS) is 15.9. The molecule has 27 heavy (non-hydrogen) atoms. The summed E-state index contributed by atoms with van der Waals surface area (Å²) >= 11 is 0. The molecule has 1 N–H and O–H groups in total. The van der Waals surface area contributed by atoms with Gasteiger partial charge in [0.25, 0.3) is 0 Å². The van der Waals surface area contributed by atoms with Crippen molar-refractivity contribution in [3.63, 3.8) is 0 Å². The average molecular weight is 365 g/mol. The average Bonchev–Trinajstić information content (AvgIpc) is 3.21. The van der Waals surface area contributed by atoms with Crippen molar-refractivity contribution in [1.82, 2.24) is 10.2 Å². The SMILES string of the molecule is COc1ccc(C2CCCN2C(=O)NCc2ccc(C#N)cc2)c(OC)c1. The Kier molecular flexibility index (Phi) is 5.82. The van der Waals surface area contributed by atoms with Crippen LogP contribution in [0.15, 0.2) is 42.5 Å². The minimum Gasteiger partial charge on any atom is -0.497 e. The first-order valence-electron chi connectivity index (χ1n) is 8.91. The van der Waals surface area contributed by atoms with E-state index in [2.05, 4.69) is 11.4 Å². The van der Waals surface area contributed by atoms with Crippen LogP contribution in [-0.2, 0) is 6.54 Å². The van der Waals surface area contributed by atoms with Gasteiger partial charge in [0.05, 0.1) is 31.9 Å². The van der Waals surface area contributed by atoms with Crippen LogP contribution in [0.1, 0.15) is 35.6 Å². The summed E-state index contributed by atoms with van der Waals surface area (Å²) in [6, 6.07) is 14.9. The predicted octanol–water partition coefficient (Wildman–Crippen LogP) is 3.62. The maximum Gasteiger partial charge on any atom is 0.318 e. The van der Waals surface area contributed by atoms with Crippen molar-refractivity contribution in [2.75, 3.05) is 20.8 Å². The van der Waals surface area contributed by atoms with Crippen LogP contribution < -0.4 is 14.8 Å². The third-order valence-corrected chi connectivity index (χ3v) is 4.84. The topological polar surface area (TPSA) is 74.6 Å². The number of rotatable bonds is 5. The Labute approximate surface area is 159 Å². The Morgan fingerprint density at radius 1 is 1.22 bits per heavy atom. The van der Waals surface area contributed by atoms with Crippen LogP contribution in [0.25, 0.3) is 0 Å². The number of benzene rings is 2. The first-order chi connectivity index (χ1) is 13.2. The zero-order chi connectivity index (χ0) is 19.2. The molecule has 2 aromatic rings. The minimum absolute atomic E-state index is 0.0215. The fourth-order valence-corrected chi connectivity index (χ4v) is 3.40. The lowest BCUT2D eigenvalue weighted by Gasteiger charge is -2.26. The molecule has 3 rings (SSSR count). The molecular weight excluding hydrogens is 342 g/mol. The summed E-state index contributed by atoms with van der Waals surface area (Å²) in [5.74, 6) is 1.46. The summed E-state index contributed by atoms with van der Waals surface area (Å²) in [7, 11) is 3.25. The summed E-state index contributed by atoms with van der Waals surface area (Å²) < 4.78 is 10.8. The Morgan fingerprint density at radius 2 is 2.00 bits per heavy atom. The molecule has 1 fully saturated rings. The summed E-state index contributed by atoms with van der Waals surface area (Å²) in [4.78, 5) is 14.6. The molecule has 0 spiro atoms. The Balaban J connectivity index is 1.70. The highest BCUT2D eigenvalue weighted by Gasteiger charge is 2.31. The summed E-state index contributed by atoms with van der Waals surface area (Å²) in [5, 5.41) is 11.8. The van der Waals surface area contributed by atoms with Gasteiger partial charge in [-0.1, -0.05) is 12.1 Å². The molecule has 1 aliphatic heterocycles. The molecule has 1 unspecified atom stereocenters. The van der Waals surface area contributed by atoms with Crippen molar-refractivity contribution in [2.24, 2.45) is 0 Å². The van der Waals surface area contributed by atoms with Crippen molar-refractivity contribution in [3.05, 3.63) is 59.2 Å². The van der Waals surface area contributed by atoms with Crippen molar-refractivity contribution >= 4 is 6.03 Å². The van der Waals surface area contributed by atoms with Crippen molar-refractivity contribution in [3.8, 4) is 17.6 Å². The Hall–Kier alpha value is -3.20. The lowest BCUT2D eigenvalue weighted by atomic mass is 10.0. The minimum atomic E-state index is -0.0975. The van der Waals surface area contributed by atoms with Gasteiger partial charge in [-0.15, -0.1) is 0 Å². The zero-order valence-corrected chi connectivity index (χ0v) is 15.6. The van der Waals surface area contributed by atoms with Crippen LogP contribution >= 0.6 is 0 Å². The van der Waals surface area contributed by atoms with E-state index in [1.165, 1.54) is 0 Å². The fourth-order valence-electron chi connectivity index (χ4n) is 3.40. The molecule has 1 saturated heterocycles. The van der Waals surface area contributed by atoms with Crippen LogP contribution in [0.3, 0.4) is 0 Å². The smallest absolute Gasteiger partial charge is 0.318 e. The van der Waals surface area contributed by atoms with E-state index in [1.807, 2.05) is 35.2 Å². The molecule has 1 atom stereocenters. The number of hydrogen-bond donors (Lipinski definition) is 1. The van der Waals surface area contributed by atoms with Gasteiger partial charge in [-0.05, 0) is 42.7 Å². The number of methoxy groups -OCH3 is 2. The van der Waals surface area contributed by atoms with Gasteiger partial charge in [0.15, 0.2) is 0 Å². The first-order valence-corrected chi connectivity index (χ1v) is 8.91. The first kappa shape index (κ1) is 18.6. The van der Waals surface area contributed by atoms with Gasteiger partial charge in [-0.2, -0.15) is 5.26 Å². The van der Waals surface area contributed by atoms with E-state index in [1.54, 1.807) is 26.4 Å². The molecule has 1 aliphatic rings. The fraction of sp³-hybridized carbons (Fsp3) is 0.333. The van der Waals surface area contributed by atoms with E-state index in [4.69, 9.17) is 14.7 Å². The van der Waals surface area contributed by atoms with Crippen molar-refractivity contribution in [2.45, 2.75) is 25.4 Å². The number of urea groups is 1. The largest absolute Gasteiger partial charge is 0.497 e. The van der Waals surface area contributed by atoms with Crippen LogP contribution in [0.4, 0.5) is 4.79 Å². The Bertz CT molecular complexity index is 843. The predicted molar refractivity (Wildman–Crippen MR) is 102 cm³/mol. The quantitative estimate of drug-likeness (QED) is 0.878. The molecule has 0 saturated carbocycles. The van der Waals surface area contributed by atoms with Gasteiger partial charge in [0, 0.05) is 24.7 Å². The highest BCUT2D eigenvalue weighted by Crippen LogP contribution is 2.38. The van der Waals surface area contributed by atoms with E-state index in [0.29, 0.717) is 18.7 Å². The lowest BCUT2D eigenvalue weighted by Crippen LogP contribution is -2.39.